The summed E-state index contributed by atoms with van der Waals surface area (Å²) in [5.41, 5.74) is 1.80. The average Bonchev–Trinajstić information content (AvgIpc) is 3.12. The van der Waals surface area contributed by atoms with Crippen molar-refractivity contribution < 1.29 is 14.3 Å². The molecule has 6 heteroatoms. The molecule has 0 radical (unpaired) electrons. The molecule has 2 heterocycles. The summed E-state index contributed by atoms with van der Waals surface area (Å²) < 4.78 is 5.24. The summed E-state index contributed by atoms with van der Waals surface area (Å²) >= 11 is 1.49. The highest BCUT2D eigenvalue weighted by Gasteiger charge is 2.26. The monoisotopic (exact) mass is 386 g/mol. The van der Waals surface area contributed by atoms with E-state index in [2.05, 4.69) is 5.32 Å². The Hall–Kier alpha value is -2.34. The SMILES string of the molecule is COc1ccc(C2CCCCCN2C(=O)CCNC(=O)c2ccsc2)cc1. The van der Waals surface area contributed by atoms with Crippen LogP contribution in [-0.2, 0) is 4.79 Å². The maximum Gasteiger partial charge on any atom is 0.252 e. The zero-order valence-corrected chi connectivity index (χ0v) is 16.5. The van der Waals surface area contributed by atoms with Crippen LogP contribution < -0.4 is 10.1 Å². The molecule has 1 aromatic carbocycles. The largest absolute Gasteiger partial charge is 0.497 e. The molecule has 0 aliphatic carbocycles. The van der Waals surface area contributed by atoms with Crippen molar-refractivity contribution in [2.24, 2.45) is 0 Å². The summed E-state index contributed by atoms with van der Waals surface area (Å²) in [6.07, 6.45) is 4.59. The van der Waals surface area contributed by atoms with Gasteiger partial charge in [0, 0.05) is 30.5 Å². The van der Waals surface area contributed by atoms with Crippen LogP contribution in [0.5, 0.6) is 5.75 Å². The van der Waals surface area contributed by atoms with E-state index in [4.69, 9.17) is 4.74 Å². The Labute approximate surface area is 164 Å². The van der Waals surface area contributed by atoms with Crippen molar-refractivity contribution in [3.63, 3.8) is 0 Å². The highest BCUT2D eigenvalue weighted by Crippen LogP contribution is 2.31. The molecule has 1 fully saturated rings. The molecular weight excluding hydrogens is 360 g/mol. The van der Waals surface area contributed by atoms with Crippen molar-refractivity contribution in [1.82, 2.24) is 10.2 Å². The summed E-state index contributed by atoms with van der Waals surface area (Å²) in [4.78, 5) is 26.9. The molecule has 1 unspecified atom stereocenters. The van der Waals surface area contributed by atoms with Crippen LogP contribution in [0.25, 0.3) is 0 Å². The molecule has 3 rings (SSSR count). The Morgan fingerprint density at radius 1 is 1.19 bits per heavy atom. The molecule has 0 spiro atoms. The number of thiophene rings is 1. The number of ether oxygens (including phenoxy) is 1. The third kappa shape index (κ3) is 5.10. The summed E-state index contributed by atoms with van der Waals surface area (Å²) in [5.74, 6) is 0.802. The lowest BCUT2D eigenvalue weighted by atomic mass is 10.0. The molecule has 5 nitrogen and oxygen atoms in total. The van der Waals surface area contributed by atoms with E-state index < -0.39 is 0 Å². The molecule has 1 aliphatic heterocycles. The van der Waals surface area contributed by atoms with Crippen LogP contribution in [0.2, 0.25) is 0 Å². The van der Waals surface area contributed by atoms with Crippen LogP contribution in [0.3, 0.4) is 0 Å². The smallest absolute Gasteiger partial charge is 0.252 e. The van der Waals surface area contributed by atoms with E-state index in [1.54, 1.807) is 13.2 Å². The molecule has 27 heavy (non-hydrogen) atoms. The van der Waals surface area contributed by atoms with Gasteiger partial charge in [-0.1, -0.05) is 25.0 Å². The summed E-state index contributed by atoms with van der Waals surface area (Å²) in [6, 6.07) is 9.88. The number of amides is 2. The van der Waals surface area contributed by atoms with Crippen molar-refractivity contribution in [1.29, 1.82) is 0 Å². The minimum atomic E-state index is -0.119. The van der Waals surface area contributed by atoms with Gasteiger partial charge >= 0.3 is 0 Å². The first-order valence-electron chi connectivity index (χ1n) is 9.43. The molecule has 2 aromatic rings. The molecule has 2 amide bonds. The lowest BCUT2D eigenvalue weighted by Crippen LogP contribution is -2.37. The zero-order chi connectivity index (χ0) is 19.1. The summed E-state index contributed by atoms with van der Waals surface area (Å²) in [5, 5.41) is 6.53. The Morgan fingerprint density at radius 3 is 2.70 bits per heavy atom. The van der Waals surface area contributed by atoms with Crippen LogP contribution >= 0.6 is 11.3 Å². The van der Waals surface area contributed by atoms with Gasteiger partial charge in [-0.25, -0.2) is 0 Å². The van der Waals surface area contributed by atoms with Gasteiger partial charge in [-0.15, -0.1) is 0 Å². The van der Waals surface area contributed by atoms with Gasteiger partial charge in [-0.05, 0) is 42.0 Å². The molecule has 1 atom stereocenters. The van der Waals surface area contributed by atoms with Crippen molar-refractivity contribution in [2.45, 2.75) is 38.1 Å². The number of nitrogens with zero attached hydrogens (tertiary/aromatic N) is 1. The highest BCUT2D eigenvalue weighted by atomic mass is 32.1. The van der Waals surface area contributed by atoms with Gasteiger partial charge in [0.15, 0.2) is 0 Å². The number of carbonyl (C=O) groups excluding carboxylic acids is 2. The van der Waals surface area contributed by atoms with Crippen molar-refractivity contribution >= 4 is 23.2 Å². The fourth-order valence-corrected chi connectivity index (χ4v) is 4.14. The second kappa shape index (κ2) is 9.55. The number of hydrogen-bond donors (Lipinski definition) is 1. The van der Waals surface area contributed by atoms with Gasteiger partial charge in [-0.3, -0.25) is 9.59 Å². The Balaban J connectivity index is 1.61. The predicted octanol–water partition coefficient (Wildman–Crippen LogP) is 4.02. The molecule has 144 valence electrons. The van der Waals surface area contributed by atoms with Gasteiger partial charge in [0.05, 0.1) is 13.2 Å². The van der Waals surface area contributed by atoms with Crippen molar-refractivity contribution in [3.8, 4) is 5.75 Å². The maximum absolute atomic E-state index is 12.9. The highest BCUT2D eigenvalue weighted by molar-refractivity contribution is 7.08. The third-order valence-corrected chi connectivity index (χ3v) is 5.66. The van der Waals surface area contributed by atoms with Gasteiger partial charge < -0.3 is 15.0 Å². The number of likely N-dealkylation sites (tertiary alicyclic amines) is 1. The molecule has 1 N–H and O–H groups in total. The number of rotatable bonds is 6. The van der Waals surface area contributed by atoms with Crippen LogP contribution in [0.4, 0.5) is 0 Å². The maximum atomic E-state index is 12.9. The van der Waals surface area contributed by atoms with E-state index in [0.29, 0.717) is 18.5 Å². The third-order valence-electron chi connectivity index (χ3n) is 4.98. The lowest BCUT2D eigenvalue weighted by molar-refractivity contribution is -0.133. The second-order valence-corrected chi connectivity index (χ2v) is 7.52. The summed E-state index contributed by atoms with van der Waals surface area (Å²) in [6.45, 7) is 1.13. The minimum Gasteiger partial charge on any atom is -0.497 e. The van der Waals surface area contributed by atoms with E-state index in [-0.39, 0.29) is 17.9 Å². The van der Waals surface area contributed by atoms with Crippen LogP contribution in [-0.4, -0.2) is 36.9 Å². The van der Waals surface area contributed by atoms with Crippen LogP contribution in [0, 0.1) is 0 Å². The Bertz CT molecular complexity index is 743. The van der Waals surface area contributed by atoms with E-state index >= 15 is 0 Å². The molecular formula is C21H26N2O3S. The molecule has 1 aliphatic rings. The first-order valence-corrected chi connectivity index (χ1v) is 10.4. The Morgan fingerprint density at radius 2 is 2.00 bits per heavy atom. The van der Waals surface area contributed by atoms with Gasteiger partial charge in [-0.2, -0.15) is 11.3 Å². The lowest BCUT2D eigenvalue weighted by Gasteiger charge is -2.31. The number of hydrogen-bond acceptors (Lipinski definition) is 4. The van der Waals surface area contributed by atoms with E-state index in [9.17, 15) is 9.59 Å². The standard InChI is InChI=1S/C21H26N2O3S/c1-26-18-8-6-16(7-9-18)19-5-3-2-4-13-23(19)20(24)10-12-22-21(25)17-11-14-27-15-17/h6-9,11,14-15,19H,2-5,10,12-13H2,1H3,(H,22,25). The Kier molecular flexibility index (Phi) is 6.87. The first-order chi connectivity index (χ1) is 13.2. The molecule has 0 saturated carbocycles. The second-order valence-electron chi connectivity index (χ2n) is 6.74. The zero-order valence-electron chi connectivity index (χ0n) is 15.6. The number of methoxy groups -OCH3 is 1. The molecule has 1 aromatic heterocycles. The first kappa shape index (κ1) is 19.4. The summed E-state index contributed by atoms with van der Waals surface area (Å²) in [7, 11) is 1.65. The van der Waals surface area contributed by atoms with E-state index in [1.807, 2.05) is 39.9 Å². The predicted molar refractivity (Wildman–Crippen MR) is 107 cm³/mol. The number of benzene rings is 1. The van der Waals surface area contributed by atoms with Crippen LogP contribution in [0.15, 0.2) is 41.1 Å². The number of nitrogens with one attached hydrogen (secondary N) is 1. The van der Waals surface area contributed by atoms with Gasteiger partial charge in [0.1, 0.15) is 5.75 Å². The normalized spacial score (nSPS) is 17.2. The minimum absolute atomic E-state index is 0.0958. The quantitative estimate of drug-likeness (QED) is 0.816. The average molecular weight is 387 g/mol. The molecule has 0 bridgehead atoms. The van der Waals surface area contributed by atoms with Gasteiger partial charge in [0.25, 0.3) is 5.91 Å². The van der Waals surface area contributed by atoms with Crippen molar-refractivity contribution in [2.75, 3.05) is 20.2 Å². The fourth-order valence-electron chi connectivity index (χ4n) is 3.50. The topological polar surface area (TPSA) is 58.6 Å². The van der Waals surface area contributed by atoms with E-state index in [0.717, 1.165) is 43.5 Å². The number of carbonyl (C=O) groups is 2. The molecule has 1 saturated heterocycles. The van der Waals surface area contributed by atoms with Crippen LogP contribution in [0.1, 0.15) is 54.1 Å². The van der Waals surface area contributed by atoms with Crippen molar-refractivity contribution in [3.05, 3.63) is 52.2 Å². The fraction of sp³-hybridized carbons (Fsp3) is 0.429. The van der Waals surface area contributed by atoms with E-state index in [1.165, 1.54) is 11.3 Å². The van der Waals surface area contributed by atoms with Gasteiger partial charge in [0.2, 0.25) is 5.91 Å².